The first-order valence-electron chi connectivity index (χ1n) is 11.8. The second-order valence-corrected chi connectivity index (χ2v) is 10.7. The lowest BCUT2D eigenvalue weighted by molar-refractivity contribution is -0.113. The Kier molecular flexibility index (Phi) is 6.40. The number of ether oxygens (including phenoxy) is 2. The van der Waals surface area contributed by atoms with E-state index >= 15 is 0 Å². The maximum atomic E-state index is 12.7. The van der Waals surface area contributed by atoms with Gasteiger partial charge in [-0.15, -0.1) is 11.8 Å². The molecule has 0 saturated carbocycles. The van der Waals surface area contributed by atoms with Crippen LogP contribution in [0.15, 0.2) is 54.6 Å². The second-order valence-electron chi connectivity index (χ2n) is 9.63. The number of fused-ring (bicyclic) bond motifs is 1. The van der Waals surface area contributed by atoms with Crippen LogP contribution in [0.25, 0.3) is 0 Å². The monoisotopic (exact) mass is 477 g/mol. The third-order valence-corrected chi connectivity index (χ3v) is 7.75. The Hall–Kier alpha value is -2.77. The summed E-state index contributed by atoms with van der Waals surface area (Å²) >= 11 is 1.65. The number of anilines is 1. The van der Waals surface area contributed by atoms with E-state index in [1.165, 1.54) is 0 Å². The summed E-state index contributed by atoms with van der Waals surface area (Å²) in [6.45, 7) is 7.51. The Labute approximate surface area is 205 Å². The van der Waals surface area contributed by atoms with Gasteiger partial charge in [0.2, 0.25) is 5.91 Å². The molecule has 2 aliphatic rings. The minimum atomic E-state index is -0.200. The maximum absolute atomic E-state index is 12.7. The van der Waals surface area contributed by atoms with E-state index in [0.29, 0.717) is 19.0 Å². The normalized spacial score (nSPS) is 21.9. The number of nitrogens with one attached hydrogen (secondary N) is 1. The predicted octanol–water partition coefficient (Wildman–Crippen LogP) is 5.68. The van der Waals surface area contributed by atoms with Crippen molar-refractivity contribution >= 4 is 23.5 Å². The first-order valence-corrected chi connectivity index (χ1v) is 12.9. The number of carbonyl (C=O) groups is 1. The summed E-state index contributed by atoms with van der Waals surface area (Å²) in [7, 11) is 0. The fourth-order valence-electron chi connectivity index (χ4n) is 4.82. The highest BCUT2D eigenvalue weighted by molar-refractivity contribution is 8.00. The van der Waals surface area contributed by atoms with E-state index in [1.54, 1.807) is 11.8 Å². The maximum Gasteiger partial charge on any atom is 0.235 e. The van der Waals surface area contributed by atoms with Crippen LogP contribution >= 0.6 is 11.8 Å². The molecule has 1 fully saturated rings. The molecule has 0 spiro atoms. The van der Waals surface area contributed by atoms with Gasteiger partial charge in [-0.2, -0.15) is 5.10 Å². The zero-order valence-electron chi connectivity index (χ0n) is 19.9. The summed E-state index contributed by atoms with van der Waals surface area (Å²) in [5, 5.41) is 8.11. The Morgan fingerprint density at radius 2 is 1.94 bits per heavy atom. The van der Waals surface area contributed by atoms with Gasteiger partial charge in [0.1, 0.15) is 18.2 Å². The summed E-state index contributed by atoms with van der Waals surface area (Å²) in [6, 6.07) is 18.6. The molecule has 2 aliphatic heterocycles. The lowest BCUT2D eigenvalue weighted by atomic mass is 9.94. The van der Waals surface area contributed by atoms with Crippen LogP contribution in [0.3, 0.4) is 0 Å². The molecule has 1 saturated heterocycles. The summed E-state index contributed by atoms with van der Waals surface area (Å²) < 4.78 is 13.9. The van der Waals surface area contributed by atoms with Gasteiger partial charge in [-0.05, 0) is 56.9 Å². The second kappa shape index (κ2) is 9.47. The molecule has 6 nitrogen and oxygen atoms in total. The van der Waals surface area contributed by atoms with Crippen molar-refractivity contribution in [2.75, 3.05) is 17.7 Å². The number of aromatic nitrogens is 2. The molecular formula is C27H31N3O3S. The highest BCUT2D eigenvalue weighted by atomic mass is 32.2. The number of benzene rings is 2. The molecule has 0 bridgehead atoms. The smallest absolute Gasteiger partial charge is 0.235 e. The third-order valence-electron chi connectivity index (χ3n) is 6.48. The van der Waals surface area contributed by atoms with Gasteiger partial charge in [0.25, 0.3) is 0 Å². The molecule has 34 heavy (non-hydrogen) atoms. The molecule has 5 rings (SSSR count). The number of aryl methyl sites for hydroxylation is 1. The Morgan fingerprint density at radius 3 is 2.68 bits per heavy atom. The van der Waals surface area contributed by atoms with Crippen LogP contribution in [0.5, 0.6) is 5.75 Å². The van der Waals surface area contributed by atoms with Gasteiger partial charge in [-0.25, -0.2) is 4.68 Å². The van der Waals surface area contributed by atoms with Crippen molar-refractivity contribution in [3.63, 3.8) is 0 Å². The number of hydrogen-bond donors (Lipinski definition) is 1. The van der Waals surface area contributed by atoms with Crippen LogP contribution in [0, 0.1) is 6.92 Å². The van der Waals surface area contributed by atoms with Crippen molar-refractivity contribution in [1.29, 1.82) is 0 Å². The van der Waals surface area contributed by atoms with Crippen molar-refractivity contribution in [3.05, 3.63) is 77.0 Å². The third kappa shape index (κ3) is 4.86. The molecule has 3 aromatic rings. The summed E-state index contributed by atoms with van der Waals surface area (Å²) in [5.41, 5.74) is 4.14. The van der Waals surface area contributed by atoms with Crippen molar-refractivity contribution in [3.8, 4) is 5.75 Å². The molecule has 7 heteroatoms. The van der Waals surface area contributed by atoms with E-state index in [2.05, 4.69) is 43.4 Å². The zero-order valence-corrected chi connectivity index (χ0v) is 20.7. The molecular weight excluding hydrogens is 446 g/mol. The van der Waals surface area contributed by atoms with Crippen LogP contribution in [-0.4, -0.2) is 33.6 Å². The zero-order chi connectivity index (χ0) is 23.7. The molecule has 2 atom stereocenters. The van der Waals surface area contributed by atoms with E-state index in [1.807, 2.05) is 41.9 Å². The van der Waals surface area contributed by atoms with Gasteiger partial charge < -0.3 is 14.8 Å². The molecule has 1 aromatic heterocycles. The summed E-state index contributed by atoms with van der Waals surface area (Å²) in [6.07, 6.45) is 1.75. The number of amides is 1. The van der Waals surface area contributed by atoms with Crippen LogP contribution in [0.2, 0.25) is 0 Å². The van der Waals surface area contributed by atoms with Crippen LogP contribution in [0.4, 0.5) is 5.82 Å². The minimum Gasteiger partial charge on any atom is -0.489 e. The first-order chi connectivity index (χ1) is 16.4. The molecule has 1 N–H and O–H groups in total. The molecule has 0 radical (unpaired) electrons. The topological polar surface area (TPSA) is 65.4 Å². The predicted molar refractivity (Wildman–Crippen MR) is 135 cm³/mol. The summed E-state index contributed by atoms with van der Waals surface area (Å²) in [4.78, 5) is 12.7. The highest BCUT2D eigenvalue weighted by Crippen LogP contribution is 2.45. The summed E-state index contributed by atoms with van der Waals surface area (Å²) in [5.74, 6) is 2.09. The fraction of sp³-hybridized carbons (Fsp3) is 0.407. The molecule has 2 aromatic carbocycles. The standard InChI is InChI=1S/C27H31N3O3S/c1-18-24-25(20-9-11-22(12-10-20)32-16-19-7-5-4-6-8-19)34-17-23(31)28-26(24)30(29-18)21-13-14-33-27(2,3)15-21/h4-12,21,25H,13-17H2,1-3H3,(H,28,31)/t21-,25+/m1/s1. The quantitative estimate of drug-likeness (QED) is 0.513. The van der Waals surface area contributed by atoms with E-state index in [9.17, 15) is 4.79 Å². The van der Waals surface area contributed by atoms with Gasteiger partial charge in [-0.3, -0.25) is 4.79 Å². The Balaban J connectivity index is 1.41. The SMILES string of the molecule is Cc1nn([C@@H]2CCOC(C)(C)C2)c2c1[C@H](c1ccc(OCc3ccccc3)cc1)SCC(=O)N2. The number of rotatable bonds is 5. The van der Waals surface area contributed by atoms with Gasteiger partial charge in [0, 0.05) is 12.2 Å². The van der Waals surface area contributed by atoms with Crippen LogP contribution < -0.4 is 10.1 Å². The molecule has 3 heterocycles. The van der Waals surface area contributed by atoms with Gasteiger partial charge in [0.15, 0.2) is 0 Å². The molecule has 0 aliphatic carbocycles. The van der Waals surface area contributed by atoms with Crippen molar-refractivity contribution in [1.82, 2.24) is 9.78 Å². The van der Waals surface area contributed by atoms with Gasteiger partial charge in [0.05, 0.1) is 28.3 Å². The van der Waals surface area contributed by atoms with E-state index in [4.69, 9.17) is 14.6 Å². The largest absolute Gasteiger partial charge is 0.489 e. The first kappa shape index (κ1) is 23.0. The van der Waals surface area contributed by atoms with E-state index in [-0.39, 0.29) is 22.8 Å². The molecule has 178 valence electrons. The van der Waals surface area contributed by atoms with Crippen LogP contribution in [0.1, 0.15) is 60.4 Å². The van der Waals surface area contributed by atoms with E-state index < -0.39 is 0 Å². The van der Waals surface area contributed by atoms with E-state index in [0.717, 1.165) is 46.8 Å². The number of hydrogen-bond acceptors (Lipinski definition) is 5. The lowest BCUT2D eigenvalue weighted by Crippen LogP contribution is -2.36. The lowest BCUT2D eigenvalue weighted by Gasteiger charge is -2.36. The van der Waals surface area contributed by atoms with Gasteiger partial charge >= 0.3 is 0 Å². The van der Waals surface area contributed by atoms with Gasteiger partial charge in [-0.1, -0.05) is 42.5 Å². The Bertz CT molecular complexity index is 1160. The molecule has 0 unspecified atom stereocenters. The van der Waals surface area contributed by atoms with Crippen LogP contribution in [-0.2, 0) is 16.1 Å². The number of carbonyl (C=O) groups excluding carboxylic acids is 1. The fourth-order valence-corrected chi connectivity index (χ4v) is 6.01. The van der Waals surface area contributed by atoms with Crippen molar-refractivity contribution in [2.24, 2.45) is 0 Å². The number of thioether (sulfide) groups is 1. The highest BCUT2D eigenvalue weighted by Gasteiger charge is 2.36. The Morgan fingerprint density at radius 1 is 1.18 bits per heavy atom. The average molecular weight is 478 g/mol. The molecule has 1 amide bonds. The average Bonchev–Trinajstić information content (AvgIpc) is 3.03. The van der Waals surface area contributed by atoms with Crippen molar-refractivity contribution < 1.29 is 14.3 Å². The minimum absolute atomic E-state index is 0.0176. The van der Waals surface area contributed by atoms with Crippen molar-refractivity contribution in [2.45, 2.75) is 57.1 Å². The number of nitrogens with zero attached hydrogens (tertiary/aromatic N) is 2.